The van der Waals surface area contributed by atoms with Crippen LogP contribution in [0.1, 0.15) is 37.7 Å². The Bertz CT molecular complexity index is 851. The number of aromatic nitrogens is 3. The molecule has 0 saturated heterocycles. The number of halogens is 1. The van der Waals surface area contributed by atoms with Crippen LogP contribution >= 0.6 is 0 Å². The highest BCUT2D eigenvalue weighted by molar-refractivity contribution is 5.96. The zero-order valence-electron chi connectivity index (χ0n) is 15.3. The second-order valence-electron chi connectivity index (χ2n) is 7.17. The number of hydrogen-bond acceptors (Lipinski definition) is 7. The molecule has 0 unspecified atom stereocenters. The summed E-state index contributed by atoms with van der Waals surface area (Å²) in [7, 11) is 0. The van der Waals surface area contributed by atoms with Gasteiger partial charge in [0, 0.05) is 18.0 Å². The van der Waals surface area contributed by atoms with Gasteiger partial charge in [-0.2, -0.15) is 4.39 Å². The summed E-state index contributed by atoms with van der Waals surface area (Å²) < 4.78 is 13.3. The summed E-state index contributed by atoms with van der Waals surface area (Å²) in [6.07, 6.45) is 2.99. The fraction of sp³-hybridized carbons (Fsp3) is 0.353. The molecule has 2 aromatic heterocycles. The van der Waals surface area contributed by atoms with Crippen LogP contribution in [0.2, 0.25) is 0 Å². The van der Waals surface area contributed by atoms with E-state index in [9.17, 15) is 14.0 Å². The van der Waals surface area contributed by atoms with Crippen molar-refractivity contribution in [3.63, 3.8) is 0 Å². The number of amides is 2. The fourth-order valence-corrected chi connectivity index (χ4v) is 2.36. The standard InChI is InChI=1S/C17H22FN7O2/c1-17(2,3)7-10(14(19)26)24-12-8-22-13(15(20)27)16(25-12)23-9-4-5-21-11(18)6-9/h4-6,8,10H,7H2,1-3H3,(H2,19,26)(H2,20,27)(H2,21,23,24,25)/t10-/m1/s1. The predicted octanol–water partition coefficient (Wildman–Crippen LogP) is 1.56. The maximum absolute atomic E-state index is 13.3. The highest BCUT2D eigenvalue weighted by Gasteiger charge is 2.24. The third-order valence-corrected chi connectivity index (χ3v) is 3.48. The van der Waals surface area contributed by atoms with Crippen LogP contribution in [0.5, 0.6) is 0 Å². The van der Waals surface area contributed by atoms with Crippen LogP contribution in [0, 0.1) is 11.4 Å². The summed E-state index contributed by atoms with van der Waals surface area (Å²) in [5.41, 5.74) is 10.8. The molecular formula is C17H22FN7O2. The first kappa shape index (κ1) is 20.0. The van der Waals surface area contributed by atoms with Gasteiger partial charge in [-0.1, -0.05) is 20.8 Å². The van der Waals surface area contributed by atoms with Crippen molar-refractivity contribution in [2.24, 2.45) is 16.9 Å². The number of rotatable bonds is 7. The predicted molar refractivity (Wildman–Crippen MR) is 98.7 cm³/mol. The van der Waals surface area contributed by atoms with Crippen molar-refractivity contribution in [3.05, 3.63) is 36.2 Å². The monoisotopic (exact) mass is 375 g/mol. The molecule has 6 N–H and O–H groups in total. The number of carbonyl (C=O) groups is 2. The van der Waals surface area contributed by atoms with E-state index in [-0.39, 0.29) is 22.7 Å². The minimum absolute atomic E-state index is 0.0112. The second-order valence-corrected chi connectivity index (χ2v) is 7.17. The lowest BCUT2D eigenvalue weighted by Crippen LogP contribution is -2.38. The van der Waals surface area contributed by atoms with Crippen LogP contribution in [-0.2, 0) is 4.79 Å². The number of nitrogens with one attached hydrogen (secondary N) is 2. The van der Waals surface area contributed by atoms with Gasteiger partial charge in [0.1, 0.15) is 11.9 Å². The first-order chi connectivity index (χ1) is 12.5. The maximum atomic E-state index is 13.3. The molecule has 0 aromatic carbocycles. The molecule has 0 aliphatic heterocycles. The Morgan fingerprint density at radius 2 is 1.96 bits per heavy atom. The molecule has 0 spiro atoms. The first-order valence-electron chi connectivity index (χ1n) is 8.16. The molecule has 1 atom stereocenters. The Morgan fingerprint density at radius 3 is 2.52 bits per heavy atom. The van der Waals surface area contributed by atoms with Crippen LogP contribution in [-0.4, -0.2) is 32.8 Å². The van der Waals surface area contributed by atoms with Crippen molar-refractivity contribution in [2.45, 2.75) is 33.2 Å². The molecule has 0 saturated carbocycles. The molecule has 9 nitrogen and oxygen atoms in total. The number of anilines is 3. The topological polar surface area (TPSA) is 149 Å². The van der Waals surface area contributed by atoms with Gasteiger partial charge in [0.2, 0.25) is 11.9 Å². The summed E-state index contributed by atoms with van der Waals surface area (Å²) >= 11 is 0. The van der Waals surface area contributed by atoms with Gasteiger partial charge < -0.3 is 22.1 Å². The van der Waals surface area contributed by atoms with Crippen LogP contribution in [0.4, 0.5) is 21.7 Å². The lowest BCUT2D eigenvalue weighted by Gasteiger charge is -2.25. The highest BCUT2D eigenvalue weighted by Crippen LogP contribution is 2.24. The Hall–Kier alpha value is -3.30. The van der Waals surface area contributed by atoms with Crippen LogP contribution < -0.4 is 22.1 Å². The van der Waals surface area contributed by atoms with Crippen LogP contribution in [0.3, 0.4) is 0 Å². The van der Waals surface area contributed by atoms with Gasteiger partial charge in [0.25, 0.3) is 5.91 Å². The number of nitrogens with zero attached hydrogens (tertiary/aromatic N) is 3. The Morgan fingerprint density at radius 1 is 1.26 bits per heavy atom. The molecule has 27 heavy (non-hydrogen) atoms. The van der Waals surface area contributed by atoms with Gasteiger partial charge in [-0.3, -0.25) is 9.59 Å². The fourth-order valence-electron chi connectivity index (χ4n) is 2.36. The Balaban J connectivity index is 2.33. The third kappa shape index (κ3) is 5.87. The minimum atomic E-state index is -0.813. The molecule has 144 valence electrons. The van der Waals surface area contributed by atoms with E-state index >= 15 is 0 Å². The molecule has 2 amide bonds. The Labute approximate surface area is 155 Å². The van der Waals surface area contributed by atoms with Crippen molar-refractivity contribution >= 4 is 29.1 Å². The van der Waals surface area contributed by atoms with Crippen LogP contribution in [0.25, 0.3) is 0 Å². The van der Waals surface area contributed by atoms with Gasteiger partial charge >= 0.3 is 0 Å². The van der Waals surface area contributed by atoms with Crippen molar-refractivity contribution in [2.75, 3.05) is 10.6 Å². The minimum Gasteiger partial charge on any atom is -0.368 e. The molecular weight excluding hydrogens is 353 g/mol. The average molecular weight is 375 g/mol. The number of carbonyl (C=O) groups excluding carboxylic acids is 2. The smallest absolute Gasteiger partial charge is 0.271 e. The number of primary amides is 2. The largest absolute Gasteiger partial charge is 0.368 e. The molecule has 2 heterocycles. The van der Waals surface area contributed by atoms with Gasteiger partial charge in [-0.15, -0.1) is 0 Å². The van der Waals surface area contributed by atoms with E-state index in [1.165, 1.54) is 18.5 Å². The normalized spacial score (nSPS) is 12.3. The Kier molecular flexibility index (Phi) is 5.88. The van der Waals surface area contributed by atoms with E-state index in [0.717, 1.165) is 6.07 Å². The van der Waals surface area contributed by atoms with E-state index in [1.54, 1.807) is 0 Å². The van der Waals surface area contributed by atoms with Gasteiger partial charge in [-0.05, 0) is 17.9 Å². The van der Waals surface area contributed by atoms with Crippen molar-refractivity contribution < 1.29 is 14.0 Å². The quantitative estimate of drug-likeness (QED) is 0.536. The van der Waals surface area contributed by atoms with E-state index in [0.29, 0.717) is 12.1 Å². The molecule has 0 bridgehead atoms. The van der Waals surface area contributed by atoms with Gasteiger partial charge in [0.05, 0.1) is 6.20 Å². The van der Waals surface area contributed by atoms with Gasteiger partial charge in [0.15, 0.2) is 11.5 Å². The summed E-state index contributed by atoms with van der Waals surface area (Å²) in [5, 5.41) is 5.69. The third-order valence-electron chi connectivity index (χ3n) is 3.48. The number of pyridine rings is 1. The molecule has 0 aliphatic carbocycles. The van der Waals surface area contributed by atoms with Gasteiger partial charge in [-0.25, -0.2) is 15.0 Å². The van der Waals surface area contributed by atoms with E-state index < -0.39 is 23.8 Å². The van der Waals surface area contributed by atoms with E-state index in [1.807, 2.05) is 20.8 Å². The number of hydrogen-bond donors (Lipinski definition) is 4. The molecule has 0 aliphatic rings. The average Bonchev–Trinajstić information content (AvgIpc) is 2.53. The van der Waals surface area contributed by atoms with E-state index in [2.05, 4.69) is 25.6 Å². The summed E-state index contributed by atoms with van der Waals surface area (Å²) in [6, 6.07) is 1.92. The van der Waals surface area contributed by atoms with E-state index in [4.69, 9.17) is 11.5 Å². The molecule has 0 radical (unpaired) electrons. The number of nitrogens with two attached hydrogens (primary N) is 2. The SMILES string of the molecule is CC(C)(C)C[C@@H](Nc1cnc(C(N)=O)c(Nc2ccnc(F)c2)n1)C(N)=O. The highest BCUT2D eigenvalue weighted by atomic mass is 19.1. The second kappa shape index (κ2) is 7.94. The first-order valence-corrected chi connectivity index (χ1v) is 8.16. The van der Waals surface area contributed by atoms with Crippen molar-refractivity contribution in [1.29, 1.82) is 0 Å². The molecule has 2 aromatic rings. The van der Waals surface area contributed by atoms with Crippen molar-refractivity contribution in [3.8, 4) is 0 Å². The molecule has 2 rings (SSSR count). The molecule has 0 fully saturated rings. The van der Waals surface area contributed by atoms with Crippen LogP contribution in [0.15, 0.2) is 24.5 Å². The molecule has 10 heteroatoms. The lowest BCUT2D eigenvalue weighted by atomic mass is 9.88. The zero-order valence-corrected chi connectivity index (χ0v) is 15.3. The summed E-state index contributed by atoms with van der Waals surface area (Å²) in [6.45, 7) is 5.91. The maximum Gasteiger partial charge on any atom is 0.271 e. The summed E-state index contributed by atoms with van der Waals surface area (Å²) in [5.74, 6) is -1.84. The summed E-state index contributed by atoms with van der Waals surface area (Å²) in [4.78, 5) is 35.0. The zero-order chi connectivity index (χ0) is 20.2. The van der Waals surface area contributed by atoms with Crippen molar-refractivity contribution in [1.82, 2.24) is 15.0 Å². The lowest BCUT2D eigenvalue weighted by molar-refractivity contribution is -0.119.